The van der Waals surface area contributed by atoms with Crippen molar-refractivity contribution in [3.05, 3.63) is 59.5 Å². The van der Waals surface area contributed by atoms with Crippen molar-refractivity contribution in [3.63, 3.8) is 0 Å². The Hall–Kier alpha value is -3.00. The van der Waals surface area contributed by atoms with E-state index in [1.165, 1.54) is 31.2 Å². The smallest absolute Gasteiger partial charge is 0.370 e. The number of pyridine rings is 1. The number of aromatic nitrogens is 1. The summed E-state index contributed by atoms with van der Waals surface area (Å²) in [5, 5.41) is 0.431. The third kappa shape index (κ3) is 4.07. The van der Waals surface area contributed by atoms with E-state index in [1.807, 2.05) is 20.2 Å². The Morgan fingerprint density at radius 1 is 1.12 bits per heavy atom. The Morgan fingerprint density at radius 2 is 1.81 bits per heavy atom. The molecule has 32 heavy (non-hydrogen) atoms. The average molecular weight is 445 g/mol. The number of halogens is 4. The van der Waals surface area contributed by atoms with Gasteiger partial charge in [0.15, 0.2) is 0 Å². The van der Waals surface area contributed by atoms with Gasteiger partial charge in [0.25, 0.3) is 5.78 Å². The fourth-order valence-corrected chi connectivity index (χ4v) is 4.30. The van der Waals surface area contributed by atoms with Crippen LogP contribution in [0, 0.1) is 12.7 Å². The van der Waals surface area contributed by atoms with Crippen LogP contribution >= 0.6 is 0 Å². The molecule has 2 heterocycles. The van der Waals surface area contributed by atoms with Crippen molar-refractivity contribution in [2.75, 3.05) is 32.1 Å². The summed E-state index contributed by atoms with van der Waals surface area (Å²) in [6, 6.07) is 10.9. The van der Waals surface area contributed by atoms with Crippen molar-refractivity contribution in [1.29, 1.82) is 0 Å². The molecule has 0 amide bonds. The van der Waals surface area contributed by atoms with Gasteiger partial charge in [-0.05, 0) is 63.3 Å². The van der Waals surface area contributed by atoms with Crippen molar-refractivity contribution in [1.82, 2.24) is 9.88 Å². The second-order valence-corrected chi connectivity index (χ2v) is 8.33. The van der Waals surface area contributed by atoms with Crippen LogP contribution in [-0.4, -0.2) is 55.1 Å². The quantitative estimate of drug-likeness (QED) is 0.407. The molecule has 1 aliphatic heterocycles. The lowest BCUT2D eigenvalue weighted by molar-refractivity contribution is -0.0885. The molecule has 4 nitrogen and oxygen atoms in total. The van der Waals surface area contributed by atoms with Crippen molar-refractivity contribution in [2.24, 2.45) is 0 Å². The molecular weight excluding hydrogens is 422 g/mol. The summed E-state index contributed by atoms with van der Waals surface area (Å²) >= 11 is 0. The molecule has 1 fully saturated rings. The maximum absolute atomic E-state index is 13.5. The van der Waals surface area contributed by atoms with Gasteiger partial charge in [-0.25, -0.2) is 4.39 Å². The van der Waals surface area contributed by atoms with E-state index in [9.17, 15) is 22.4 Å². The number of benzene rings is 2. The van der Waals surface area contributed by atoms with E-state index in [-0.39, 0.29) is 11.3 Å². The van der Waals surface area contributed by atoms with Gasteiger partial charge in [0.05, 0.1) is 11.1 Å². The van der Waals surface area contributed by atoms with Crippen molar-refractivity contribution in [2.45, 2.75) is 25.6 Å². The number of anilines is 1. The predicted octanol–water partition coefficient (Wildman–Crippen LogP) is 5.23. The van der Waals surface area contributed by atoms with Crippen LogP contribution in [0.3, 0.4) is 0 Å². The molecule has 168 valence electrons. The van der Waals surface area contributed by atoms with Gasteiger partial charge in [-0.3, -0.25) is 9.78 Å². The third-order valence-corrected chi connectivity index (χ3v) is 6.03. The van der Waals surface area contributed by atoms with E-state index in [1.54, 1.807) is 12.1 Å². The molecule has 3 aromatic rings. The standard InChI is InChI=1S/C24H23F4N3O/c1-14-21(23(32)24(26,27)28)22(15-4-6-16(25)7-5-15)19-12-17(8-9-20(19)29-14)31-11-10-18(13-31)30(2)3/h4-9,12,18H,10-11,13H2,1-3H3. The number of carbonyl (C=O) groups is 1. The fourth-order valence-electron chi connectivity index (χ4n) is 4.30. The Kier molecular flexibility index (Phi) is 5.67. The highest BCUT2D eigenvalue weighted by molar-refractivity contribution is 6.13. The SMILES string of the molecule is Cc1nc2ccc(N3CCC(N(C)C)C3)cc2c(-c2ccc(F)cc2)c1C(=O)C(F)(F)F. The minimum atomic E-state index is -5.06. The number of ketones is 1. The van der Waals surface area contributed by atoms with Crippen molar-refractivity contribution < 1.29 is 22.4 Å². The van der Waals surface area contributed by atoms with Crippen molar-refractivity contribution in [3.8, 4) is 11.1 Å². The van der Waals surface area contributed by atoms with Gasteiger partial charge < -0.3 is 9.80 Å². The van der Waals surface area contributed by atoms with Gasteiger partial charge in [-0.15, -0.1) is 0 Å². The molecule has 8 heteroatoms. The molecule has 1 unspecified atom stereocenters. The van der Waals surface area contributed by atoms with Crippen LogP contribution in [0.25, 0.3) is 22.0 Å². The van der Waals surface area contributed by atoms with Crippen LogP contribution < -0.4 is 4.90 Å². The molecular formula is C24H23F4N3O. The second kappa shape index (κ2) is 8.16. The monoisotopic (exact) mass is 445 g/mol. The number of Topliss-reactive ketones (excluding diaryl/α,β-unsaturated/α-hetero) is 1. The Balaban J connectivity index is 1.95. The highest BCUT2D eigenvalue weighted by Crippen LogP contribution is 2.38. The molecule has 0 aliphatic carbocycles. The summed E-state index contributed by atoms with van der Waals surface area (Å²) in [5.41, 5.74) is 1.27. The first-order valence-corrected chi connectivity index (χ1v) is 10.3. The average Bonchev–Trinajstić information content (AvgIpc) is 3.23. The second-order valence-electron chi connectivity index (χ2n) is 8.33. The number of nitrogens with zero attached hydrogens (tertiary/aromatic N) is 3. The summed E-state index contributed by atoms with van der Waals surface area (Å²) in [6.45, 7) is 2.99. The van der Waals surface area contributed by atoms with Gasteiger partial charge in [0.2, 0.25) is 0 Å². The normalized spacial score (nSPS) is 16.9. The summed E-state index contributed by atoms with van der Waals surface area (Å²) in [7, 11) is 4.03. The van der Waals surface area contributed by atoms with E-state index in [0.717, 1.165) is 25.2 Å². The maximum Gasteiger partial charge on any atom is 0.454 e. The molecule has 0 radical (unpaired) electrons. The molecule has 0 N–H and O–H groups in total. The molecule has 1 aliphatic rings. The third-order valence-electron chi connectivity index (χ3n) is 6.03. The molecule has 4 rings (SSSR count). The lowest BCUT2D eigenvalue weighted by Gasteiger charge is -2.23. The topological polar surface area (TPSA) is 36.4 Å². The number of likely N-dealkylation sites (N-methyl/N-ethyl adjacent to an activating group) is 1. The number of alkyl halides is 3. The number of carbonyl (C=O) groups excluding carboxylic acids is 1. The molecule has 1 atom stereocenters. The van der Waals surface area contributed by atoms with Crippen molar-refractivity contribution >= 4 is 22.4 Å². The van der Waals surface area contributed by atoms with Crippen LogP contribution in [0.15, 0.2) is 42.5 Å². The highest BCUT2D eigenvalue weighted by atomic mass is 19.4. The lowest BCUT2D eigenvalue weighted by atomic mass is 9.91. The Labute approximate surface area is 183 Å². The van der Waals surface area contributed by atoms with Crippen LogP contribution in [-0.2, 0) is 0 Å². The van der Waals surface area contributed by atoms with E-state index in [2.05, 4.69) is 14.8 Å². The maximum atomic E-state index is 13.5. The minimum Gasteiger partial charge on any atom is -0.370 e. The minimum absolute atomic E-state index is 0.0132. The molecule has 2 aromatic carbocycles. The predicted molar refractivity (Wildman–Crippen MR) is 117 cm³/mol. The zero-order chi connectivity index (χ0) is 23.2. The van der Waals surface area contributed by atoms with E-state index >= 15 is 0 Å². The van der Waals surface area contributed by atoms with Crippen LogP contribution in [0.1, 0.15) is 22.5 Å². The zero-order valence-electron chi connectivity index (χ0n) is 18.0. The van der Waals surface area contributed by atoms with Gasteiger partial charge in [0.1, 0.15) is 5.82 Å². The van der Waals surface area contributed by atoms with E-state index < -0.39 is 23.3 Å². The Morgan fingerprint density at radius 3 is 2.41 bits per heavy atom. The molecule has 0 saturated carbocycles. The van der Waals surface area contributed by atoms with E-state index in [0.29, 0.717) is 22.5 Å². The molecule has 0 spiro atoms. The number of rotatable bonds is 4. The zero-order valence-corrected chi connectivity index (χ0v) is 18.0. The summed E-state index contributed by atoms with van der Waals surface area (Å²) in [6.07, 6.45) is -4.08. The Bertz CT molecular complexity index is 1170. The molecule has 1 aromatic heterocycles. The van der Waals surface area contributed by atoms with Gasteiger partial charge in [-0.1, -0.05) is 12.1 Å². The fraction of sp³-hybridized carbons (Fsp3) is 0.333. The molecule has 0 bridgehead atoms. The highest BCUT2D eigenvalue weighted by Gasteiger charge is 2.42. The summed E-state index contributed by atoms with van der Waals surface area (Å²) in [4.78, 5) is 21.0. The number of hydrogen-bond acceptors (Lipinski definition) is 4. The summed E-state index contributed by atoms with van der Waals surface area (Å²) in [5.74, 6) is -2.47. The number of aryl methyl sites for hydroxylation is 1. The first-order chi connectivity index (χ1) is 15.1. The first kappa shape index (κ1) is 22.2. The van der Waals surface area contributed by atoms with Crippen LogP contribution in [0.5, 0.6) is 0 Å². The summed E-state index contributed by atoms with van der Waals surface area (Å²) < 4.78 is 53.9. The molecule has 1 saturated heterocycles. The lowest BCUT2D eigenvalue weighted by Crippen LogP contribution is -2.31. The first-order valence-electron chi connectivity index (χ1n) is 10.3. The van der Waals surface area contributed by atoms with Crippen LogP contribution in [0.2, 0.25) is 0 Å². The van der Waals surface area contributed by atoms with Crippen LogP contribution in [0.4, 0.5) is 23.2 Å². The van der Waals surface area contributed by atoms with Gasteiger partial charge in [-0.2, -0.15) is 13.2 Å². The number of hydrogen-bond donors (Lipinski definition) is 0. The van der Waals surface area contributed by atoms with E-state index in [4.69, 9.17) is 0 Å². The number of fused-ring (bicyclic) bond motifs is 1. The van der Waals surface area contributed by atoms with Gasteiger partial charge in [0, 0.05) is 41.5 Å². The van der Waals surface area contributed by atoms with Gasteiger partial charge >= 0.3 is 6.18 Å². The largest absolute Gasteiger partial charge is 0.454 e.